The zero-order valence-corrected chi connectivity index (χ0v) is 14.2. The first-order valence-electron chi connectivity index (χ1n) is 6.00. The lowest BCUT2D eigenvalue weighted by Gasteiger charge is -2.32. The molecule has 104 valence electrons. The van der Waals surface area contributed by atoms with Crippen molar-refractivity contribution in [3.05, 3.63) is 19.2 Å². The average Bonchev–Trinajstić information content (AvgIpc) is 2.69. The number of primary amides is 1. The summed E-state index contributed by atoms with van der Waals surface area (Å²) < 4.78 is 1.73. The summed E-state index contributed by atoms with van der Waals surface area (Å²) in [5.41, 5.74) is 6.06. The normalized spacial score (nSPS) is 20.4. The molecule has 2 heterocycles. The van der Waals surface area contributed by atoms with Gasteiger partial charge in [-0.05, 0) is 57.3 Å². The van der Waals surface area contributed by atoms with E-state index in [4.69, 9.17) is 5.73 Å². The first kappa shape index (κ1) is 15.2. The smallest absolute Gasteiger partial charge is 0.234 e. The topological polar surface area (TPSA) is 63.4 Å². The van der Waals surface area contributed by atoms with Crippen molar-refractivity contribution in [3.8, 4) is 0 Å². The maximum absolute atomic E-state index is 12.3. The number of nitrogens with two attached hydrogens (primary N) is 1. The summed E-state index contributed by atoms with van der Waals surface area (Å²) in [5, 5.41) is 0. The van der Waals surface area contributed by atoms with Crippen molar-refractivity contribution in [2.75, 3.05) is 13.1 Å². The SMILES string of the molecule is NC(=O)C1CCCCN1CC(=O)c1cc(Br)sc1Br. The Kier molecular flexibility index (Phi) is 5.16. The van der Waals surface area contributed by atoms with Crippen molar-refractivity contribution < 1.29 is 9.59 Å². The lowest BCUT2D eigenvalue weighted by Crippen LogP contribution is -2.49. The summed E-state index contributed by atoms with van der Waals surface area (Å²) in [7, 11) is 0. The molecule has 0 aromatic carbocycles. The second-order valence-electron chi connectivity index (χ2n) is 4.55. The number of nitrogens with zero attached hydrogens (tertiary/aromatic N) is 1. The van der Waals surface area contributed by atoms with E-state index in [1.165, 1.54) is 11.3 Å². The number of halogens is 2. The molecule has 4 nitrogen and oxygen atoms in total. The molecule has 0 spiro atoms. The van der Waals surface area contributed by atoms with Crippen molar-refractivity contribution in [2.45, 2.75) is 25.3 Å². The molecule has 1 fully saturated rings. The van der Waals surface area contributed by atoms with Crippen LogP contribution in [-0.4, -0.2) is 35.7 Å². The second-order valence-corrected chi connectivity index (χ2v) is 8.29. The molecule has 1 aliphatic rings. The third kappa shape index (κ3) is 3.65. The molecule has 1 atom stereocenters. The highest BCUT2D eigenvalue weighted by molar-refractivity contribution is 9.12. The molecule has 2 N–H and O–H groups in total. The van der Waals surface area contributed by atoms with Crippen LogP contribution in [0.2, 0.25) is 0 Å². The monoisotopic (exact) mass is 408 g/mol. The average molecular weight is 410 g/mol. The summed E-state index contributed by atoms with van der Waals surface area (Å²) >= 11 is 8.21. The molecule has 1 amide bonds. The molecule has 2 rings (SSSR count). The van der Waals surface area contributed by atoms with Crippen LogP contribution < -0.4 is 5.73 Å². The molecule has 0 saturated carbocycles. The second kappa shape index (κ2) is 6.47. The van der Waals surface area contributed by atoms with Crippen molar-refractivity contribution in [2.24, 2.45) is 5.73 Å². The summed E-state index contributed by atoms with van der Waals surface area (Å²) in [6, 6.07) is 1.50. The molecule has 1 aliphatic heterocycles. The number of carbonyl (C=O) groups excluding carboxylic acids is 2. The van der Waals surface area contributed by atoms with Crippen LogP contribution in [0.15, 0.2) is 13.6 Å². The van der Waals surface area contributed by atoms with Gasteiger partial charge in [0.25, 0.3) is 0 Å². The molecular formula is C12H14Br2N2O2S. The minimum absolute atomic E-state index is 0.0157. The lowest BCUT2D eigenvalue weighted by atomic mass is 10.0. The van der Waals surface area contributed by atoms with Gasteiger partial charge in [0.2, 0.25) is 5.91 Å². The van der Waals surface area contributed by atoms with Crippen LogP contribution in [0, 0.1) is 0 Å². The number of hydrogen-bond donors (Lipinski definition) is 1. The number of piperidine rings is 1. The lowest BCUT2D eigenvalue weighted by molar-refractivity contribution is -0.124. The van der Waals surface area contributed by atoms with Crippen molar-refractivity contribution in [3.63, 3.8) is 0 Å². The van der Waals surface area contributed by atoms with Gasteiger partial charge in [-0.1, -0.05) is 6.42 Å². The van der Waals surface area contributed by atoms with Gasteiger partial charge in [0, 0.05) is 5.56 Å². The van der Waals surface area contributed by atoms with Crippen LogP contribution in [0.3, 0.4) is 0 Å². The molecule has 1 aromatic heterocycles. The fourth-order valence-electron chi connectivity index (χ4n) is 2.30. The minimum atomic E-state index is -0.335. The standard InChI is InChI=1S/C12H14Br2N2O2S/c13-10-5-7(11(14)19-10)9(17)6-16-4-2-1-3-8(16)12(15)18/h5,8H,1-4,6H2,(H2,15,18). The van der Waals surface area contributed by atoms with Crippen LogP contribution in [0.5, 0.6) is 0 Å². The Morgan fingerprint density at radius 2 is 2.16 bits per heavy atom. The predicted octanol–water partition coefficient (Wildman–Crippen LogP) is 2.80. The first-order chi connectivity index (χ1) is 8.99. The quantitative estimate of drug-likeness (QED) is 0.777. The largest absolute Gasteiger partial charge is 0.368 e. The number of ketones is 1. The van der Waals surface area contributed by atoms with E-state index >= 15 is 0 Å². The van der Waals surface area contributed by atoms with Crippen molar-refractivity contribution in [1.29, 1.82) is 0 Å². The highest BCUT2D eigenvalue weighted by Crippen LogP contribution is 2.32. The Labute approximate surface area is 132 Å². The van der Waals surface area contributed by atoms with Gasteiger partial charge in [0.15, 0.2) is 5.78 Å². The van der Waals surface area contributed by atoms with Gasteiger partial charge >= 0.3 is 0 Å². The van der Waals surface area contributed by atoms with Crippen molar-refractivity contribution >= 4 is 54.9 Å². The Bertz CT molecular complexity index is 504. The third-order valence-electron chi connectivity index (χ3n) is 3.25. The Balaban J connectivity index is 2.09. The maximum Gasteiger partial charge on any atom is 0.234 e. The fraction of sp³-hybridized carbons (Fsp3) is 0.500. The highest BCUT2D eigenvalue weighted by atomic mass is 79.9. The van der Waals surface area contributed by atoms with Gasteiger partial charge in [0.05, 0.1) is 20.2 Å². The zero-order chi connectivity index (χ0) is 14.0. The van der Waals surface area contributed by atoms with E-state index in [1.54, 1.807) is 6.07 Å². The van der Waals surface area contributed by atoms with E-state index in [0.717, 1.165) is 33.4 Å². The molecule has 1 unspecified atom stereocenters. The first-order valence-corrected chi connectivity index (χ1v) is 8.40. The van der Waals surface area contributed by atoms with E-state index in [0.29, 0.717) is 5.56 Å². The van der Waals surface area contributed by atoms with E-state index in [-0.39, 0.29) is 24.3 Å². The van der Waals surface area contributed by atoms with Gasteiger partial charge in [-0.2, -0.15) is 0 Å². The minimum Gasteiger partial charge on any atom is -0.368 e. The molecular weight excluding hydrogens is 396 g/mol. The van der Waals surface area contributed by atoms with Gasteiger partial charge < -0.3 is 5.73 Å². The zero-order valence-electron chi connectivity index (χ0n) is 10.2. The number of amides is 1. The molecule has 19 heavy (non-hydrogen) atoms. The molecule has 0 bridgehead atoms. The summed E-state index contributed by atoms with van der Waals surface area (Å²) in [6.45, 7) is 0.998. The summed E-state index contributed by atoms with van der Waals surface area (Å²) in [6.07, 6.45) is 2.74. The van der Waals surface area contributed by atoms with E-state index in [9.17, 15) is 9.59 Å². The molecule has 1 saturated heterocycles. The fourth-order valence-corrected chi connectivity index (χ4v) is 5.16. The highest BCUT2D eigenvalue weighted by Gasteiger charge is 2.29. The van der Waals surface area contributed by atoms with E-state index in [1.807, 2.05) is 4.90 Å². The number of thiophene rings is 1. The summed E-state index contributed by atoms with van der Waals surface area (Å²) in [4.78, 5) is 25.6. The van der Waals surface area contributed by atoms with Gasteiger partial charge in [-0.15, -0.1) is 11.3 Å². The van der Waals surface area contributed by atoms with Gasteiger partial charge in [-0.3, -0.25) is 14.5 Å². The molecule has 1 aromatic rings. The summed E-state index contributed by atoms with van der Waals surface area (Å²) in [5.74, 6) is -0.319. The number of Topliss-reactive ketones (excluding diaryl/α,β-unsaturated/α-hetero) is 1. The number of rotatable bonds is 4. The van der Waals surface area contributed by atoms with Crippen LogP contribution in [-0.2, 0) is 4.79 Å². The van der Waals surface area contributed by atoms with Gasteiger partial charge in [0.1, 0.15) is 0 Å². The third-order valence-corrected chi connectivity index (χ3v) is 5.59. The molecule has 0 radical (unpaired) electrons. The van der Waals surface area contributed by atoms with E-state index < -0.39 is 0 Å². The Hall–Kier alpha value is -0.240. The van der Waals surface area contributed by atoms with Gasteiger partial charge in [-0.25, -0.2) is 0 Å². The van der Waals surface area contributed by atoms with Crippen LogP contribution in [0.1, 0.15) is 29.6 Å². The van der Waals surface area contributed by atoms with Crippen molar-refractivity contribution in [1.82, 2.24) is 4.90 Å². The predicted molar refractivity (Wildman–Crippen MR) is 82.5 cm³/mol. The number of hydrogen-bond acceptors (Lipinski definition) is 4. The van der Waals surface area contributed by atoms with Crippen LogP contribution in [0.25, 0.3) is 0 Å². The van der Waals surface area contributed by atoms with Crippen LogP contribution >= 0.6 is 43.2 Å². The number of carbonyl (C=O) groups is 2. The van der Waals surface area contributed by atoms with Crippen LogP contribution in [0.4, 0.5) is 0 Å². The Morgan fingerprint density at radius 1 is 1.42 bits per heavy atom. The van der Waals surface area contributed by atoms with E-state index in [2.05, 4.69) is 31.9 Å². The Morgan fingerprint density at radius 3 is 2.74 bits per heavy atom. The number of likely N-dealkylation sites (tertiary alicyclic amines) is 1. The molecule has 0 aliphatic carbocycles. The molecule has 7 heteroatoms. The maximum atomic E-state index is 12.3.